The summed E-state index contributed by atoms with van der Waals surface area (Å²) in [5, 5.41) is 13.1. The van der Waals surface area contributed by atoms with Crippen LogP contribution in [0.2, 0.25) is 0 Å². The molecule has 2 rings (SSSR count). The molecule has 0 saturated heterocycles. The number of aromatic hydroxyl groups is 1. The van der Waals surface area contributed by atoms with Crippen molar-refractivity contribution < 1.29 is 9.90 Å². The van der Waals surface area contributed by atoms with Crippen LogP contribution < -0.4 is 11.2 Å². The van der Waals surface area contributed by atoms with Crippen LogP contribution in [0.5, 0.6) is 5.75 Å². The van der Waals surface area contributed by atoms with Crippen LogP contribution in [0.1, 0.15) is 15.9 Å². The fourth-order valence-corrected chi connectivity index (χ4v) is 1.47. The number of hydrogen-bond acceptors (Lipinski definition) is 4. The van der Waals surface area contributed by atoms with Gasteiger partial charge in [0.05, 0.1) is 6.21 Å². The first-order valence-corrected chi connectivity index (χ1v) is 5.63. The summed E-state index contributed by atoms with van der Waals surface area (Å²) < 4.78 is 0. The van der Waals surface area contributed by atoms with Crippen LogP contribution in [0.4, 0.5) is 5.69 Å². The Labute approximate surface area is 110 Å². The van der Waals surface area contributed by atoms with Crippen molar-refractivity contribution in [2.45, 2.75) is 0 Å². The summed E-state index contributed by atoms with van der Waals surface area (Å²) in [6.07, 6.45) is 1.45. The van der Waals surface area contributed by atoms with Gasteiger partial charge in [-0.2, -0.15) is 5.10 Å². The second-order valence-electron chi connectivity index (χ2n) is 3.92. The number of hydrogen-bond donors (Lipinski definition) is 3. The fourth-order valence-electron chi connectivity index (χ4n) is 1.47. The van der Waals surface area contributed by atoms with E-state index in [2.05, 4.69) is 10.5 Å². The minimum Gasteiger partial charge on any atom is -0.508 e. The van der Waals surface area contributed by atoms with Crippen LogP contribution in [0, 0.1) is 0 Å². The molecule has 0 aliphatic carbocycles. The molecule has 0 aromatic heterocycles. The molecule has 0 saturated carbocycles. The predicted octanol–water partition coefficient (Wildman–Crippen LogP) is 1.74. The molecule has 5 nitrogen and oxygen atoms in total. The molecule has 4 N–H and O–H groups in total. The number of nitrogen functional groups attached to an aromatic ring is 1. The number of phenols is 1. The Bertz CT molecular complexity index is 606. The molecule has 2 aromatic carbocycles. The number of nitrogens with two attached hydrogens (primary N) is 1. The van der Waals surface area contributed by atoms with E-state index in [4.69, 9.17) is 5.73 Å². The minimum atomic E-state index is -0.323. The second kappa shape index (κ2) is 5.68. The van der Waals surface area contributed by atoms with Crippen molar-refractivity contribution in [1.29, 1.82) is 0 Å². The molecule has 5 heteroatoms. The molecular formula is C14H13N3O2. The highest BCUT2D eigenvalue weighted by atomic mass is 16.3. The van der Waals surface area contributed by atoms with E-state index in [-0.39, 0.29) is 11.7 Å². The van der Waals surface area contributed by atoms with Crippen LogP contribution in [-0.2, 0) is 0 Å². The Kier molecular flexibility index (Phi) is 3.78. The van der Waals surface area contributed by atoms with Crippen molar-refractivity contribution in [3.8, 4) is 5.75 Å². The van der Waals surface area contributed by atoms with E-state index >= 15 is 0 Å². The average molecular weight is 255 g/mol. The maximum absolute atomic E-state index is 11.7. The molecule has 1 amide bonds. The van der Waals surface area contributed by atoms with Gasteiger partial charge in [-0.25, -0.2) is 5.43 Å². The van der Waals surface area contributed by atoms with E-state index < -0.39 is 0 Å². The summed E-state index contributed by atoms with van der Waals surface area (Å²) in [4.78, 5) is 11.7. The third kappa shape index (κ3) is 3.57. The van der Waals surface area contributed by atoms with Gasteiger partial charge in [-0.05, 0) is 42.0 Å². The van der Waals surface area contributed by atoms with Gasteiger partial charge in [-0.3, -0.25) is 4.79 Å². The first-order chi connectivity index (χ1) is 9.15. The number of amides is 1. The Balaban J connectivity index is 1.98. The zero-order valence-corrected chi connectivity index (χ0v) is 10.1. The number of carbonyl (C=O) groups excluding carboxylic acids is 1. The number of anilines is 1. The van der Waals surface area contributed by atoms with Crippen LogP contribution in [-0.4, -0.2) is 17.2 Å². The SMILES string of the molecule is Nc1ccc(C(=O)NN=Cc2cccc(O)c2)cc1. The summed E-state index contributed by atoms with van der Waals surface area (Å²) in [7, 11) is 0. The zero-order valence-electron chi connectivity index (χ0n) is 10.1. The Morgan fingerprint density at radius 3 is 2.63 bits per heavy atom. The van der Waals surface area contributed by atoms with Crippen LogP contribution >= 0.6 is 0 Å². The molecule has 0 heterocycles. The minimum absolute atomic E-state index is 0.147. The molecule has 2 aromatic rings. The standard InChI is InChI=1S/C14H13N3O2/c15-12-6-4-11(5-7-12)14(19)17-16-9-10-2-1-3-13(18)8-10/h1-9,18H,15H2,(H,17,19). The van der Waals surface area contributed by atoms with E-state index in [0.717, 1.165) is 0 Å². The summed E-state index contributed by atoms with van der Waals surface area (Å²) in [6.45, 7) is 0. The number of nitrogens with zero attached hydrogens (tertiary/aromatic N) is 1. The highest BCUT2D eigenvalue weighted by Crippen LogP contribution is 2.08. The number of benzene rings is 2. The fraction of sp³-hybridized carbons (Fsp3) is 0. The maximum Gasteiger partial charge on any atom is 0.271 e. The summed E-state index contributed by atoms with van der Waals surface area (Å²) in [5.74, 6) is -0.176. The van der Waals surface area contributed by atoms with Gasteiger partial charge < -0.3 is 10.8 Å². The van der Waals surface area contributed by atoms with Crippen molar-refractivity contribution in [3.05, 3.63) is 59.7 Å². The molecule has 96 valence electrons. The maximum atomic E-state index is 11.7. The molecule has 0 fully saturated rings. The first kappa shape index (κ1) is 12.6. The van der Waals surface area contributed by atoms with Gasteiger partial charge in [0.15, 0.2) is 0 Å². The molecule has 0 bridgehead atoms. The topological polar surface area (TPSA) is 87.7 Å². The monoisotopic (exact) mass is 255 g/mol. The van der Waals surface area contributed by atoms with Gasteiger partial charge in [-0.1, -0.05) is 12.1 Å². The Morgan fingerprint density at radius 2 is 1.95 bits per heavy atom. The van der Waals surface area contributed by atoms with Gasteiger partial charge in [0, 0.05) is 11.3 Å². The number of carbonyl (C=O) groups is 1. The molecule has 0 aliphatic rings. The second-order valence-corrected chi connectivity index (χ2v) is 3.92. The lowest BCUT2D eigenvalue weighted by Crippen LogP contribution is -2.17. The first-order valence-electron chi connectivity index (χ1n) is 5.63. The van der Waals surface area contributed by atoms with Crippen molar-refractivity contribution in [3.63, 3.8) is 0 Å². The quantitative estimate of drug-likeness (QED) is 0.443. The largest absolute Gasteiger partial charge is 0.508 e. The van der Waals surface area contributed by atoms with Crippen LogP contribution in [0.3, 0.4) is 0 Å². The van der Waals surface area contributed by atoms with Gasteiger partial charge in [0.2, 0.25) is 0 Å². The lowest BCUT2D eigenvalue weighted by atomic mass is 10.2. The van der Waals surface area contributed by atoms with E-state index in [9.17, 15) is 9.90 Å². The normalized spacial score (nSPS) is 10.5. The number of hydrazone groups is 1. The van der Waals surface area contributed by atoms with Crippen molar-refractivity contribution in [2.24, 2.45) is 5.10 Å². The smallest absolute Gasteiger partial charge is 0.271 e. The van der Waals surface area contributed by atoms with E-state index in [0.29, 0.717) is 16.8 Å². The predicted molar refractivity (Wildman–Crippen MR) is 74.0 cm³/mol. The number of rotatable bonds is 3. The van der Waals surface area contributed by atoms with Crippen molar-refractivity contribution in [2.75, 3.05) is 5.73 Å². The number of phenolic OH excluding ortho intramolecular Hbond substituents is 1. The highest BCUT2D eigenvalue weighted by molar-refractivity contribution is 5.95. The highest BCUT2D eigenvalue weighted by Gasteiger charge is 2.02. The van der Waals surface area contributed by atoms with Crippen LogP contribution in [0.25, 0.3) is 0 Å². The third-order valence-electron chi connectivity index (χ3n) is 2.42. The molecule has 0 unspecified atom stereocenters. The summed E-state index contributed by atoms with van der Waals surface area (Å²) in [5.41, 5.74) is 9.69. The third-order valence-corrected chi connectivity index (χ3v) is 2.42. The van der Waals surface area contributed by atoms with Gasteiger partial charge in [-0.15, -0.1) is 0 Å². The molecule has 0 radical (unpaired) electrons. The van der Waals surface area contributed by atoms with E-state index in [1.165, 1.54) is 6.21 Å². The molecule has 0 atom stereocenters. The van der Waals surface area contributed by atoms with Crippen molar-refractivity contribution >= 4 is 17.8 Å². The lowest BCUT2D eigenvalue weighted by molar-refractivity contribution is 0.0955. The Hall–Kier alpha value is -2.82. The summed E-state index contributed by atoms with van der Waals surface area (Å²) >= 11 is 0. The zero-order chi connectivity index (χ0) is 13.7. The van der Waals surface area contributed by atoms with Gasteiger partial charge >= 0.3 is 0 Å². The van der Waals surface area contributed by atoms with Gasteiger partial charge in [0.1, 0.15) is 5.75 Å². The molecule has 0 aliphatic heterocycles. The van der Waals surface area contributed by atoms with E-state index in [1.807, 2.05) is 0 Å². The molecule has 0 spiro atoms. The van der Waals surface area contributed by atoms with Gasteiger partial charge in [0.25, 0.3) is 5.91 Å². The molecular weight excluding hydrogens is 242 g/mol. The summed E-state index contributed by atoms with van der Waals surface area (Å²) in [6, 6.07) is 13.1. The number of nitrogens with one attached hydrogen (secondary N) is 1. The molecule has 19 heavy (non-hydrogen) atoms. The van der Waals surface area contributed by atoms with E-state index in [1.54, 1.807) is 48.5 Å². The van der Waals surface area contributed by atoms with Crippen molar-refractivity contribution in [1.82, 2.24) is 5.43 Å². The van der Waals surface area contributed by atoms with Crippen LogP contribution in [0.15, 0.2) is 53.6 Å². The lowest BCUT2D eigenvalue weighted by Gasteiger charge is -2.00. The average Bonchev–Trinajstić information content (AvgIpc) is 2.39. The Morgan fingerprint density at radius 1 is 1.21 bits per heavy atom.